The zero-order valence-corrected chi connectivity index (χ0v) is 14.6. The summed E-state index contributed by atoms with van der Waals surface area (Å²) in [6.45, 7) is 1.22. The lowest BCUT2D eigenvalue weighted by atomic mass is 9.93. The average molecular weight is 391 g/mol. The SMILES string of the molecule is OC[C@@H]1[C@@H](O)[C@H](O)[C@@H](O)CN1C[C@H]1CCN(c2cccc(C(F)(F)F)n2)C1. The molecule has 0 bridgehead atoms. The van der Waals surface area contributed by atoms with Crippen molar-refractivity contribution in [1.82, 2.24) is 9.88 Å². The van der Waals surface area contributed by atoms with Crippen LogP contribution in [0.5, 0.6) is 0 Å². The molecule has 0 amide bonds. The van der Waals surface area contributed by atoms with Crippen LogP contribution in [0, 0.1) is 5.92 Å². The minimum atomic E-state index is -4.50. The third-order valence-corrected chi connectivity index (χ3v) is 5.34. The fraction of sp³-hybridized carbons (Fsp3) is 0.706. The van der Waals surface area contributed by atoms with Crippen LogP contribution in [0.2, 0.25) is 0 Å². The molecule has 5 atom stereocenters. The van der Waals surface area contributed by atoms with Crippen LogP contribution in [0.15, 0.2) is 18.2 Å². The Bertz CT molecular complexity index is 648. The van der Waals surface area contributed by atoms with Gasteiger partial charge in [0.2, 0.25) is 0 Å². The lowest BCUT2D eigenvalue weighted by Crippen LogP contribution is -2.63. The summed E-state index contributed by atoms with van der Waals surface area (Å²) in [4.78, 5) is 7.22. The third kappa shape index (κ3) is 4.35. The fourth-order valence-electron chi connectivity index (χ4n) is 3.87. The van der Waals surface area contributed by atoms with Crippen LogP contribution >= 0.6 is 0 Å². The maximum Gasteiger partial charge on any atom is 0.433 e. The molecule has 2 aliphatic rings. The molecule has 2 saturated heterocycles. The number of β-amino-alcohol motifs (C(OH)–C–C–N with tert-alkyl or cyclic N) is 1. The molecule has 1 aromatic heterocycles. The zero-order valence-electron chi connectivity index (χ0n) is 14.6. The van der Waals surface area contributed by atoms with Crippen LogP contribution in [0.3, 0.4) is 0 Å². The molecule has 0 unspecified atom stereocenters. The van der Waals surface area contributed by atoms with Crippen molar-refractivity contribution in [1.29, 1.82) is 0 Å². The van der Waals surface area contributed by atoms with Crippen molar-refractivity contribution in [2.75, 3.05) is 37.7 Å². The number of aliphatic hydroxyl groups is 4. The molecule has 2 fully saturated rings. The summed E-state index contributed by atoms with van der Waals surface area (Å²) in [6.07, 6.45) is -7.48. The van der Waals surface area contributed by atoms with Gasteiger partial charge in [-0.15, -0.1) is 0 Å². The third-order valence-electron chi connectivity index (χ3n) is 5.34. The largest absolute Gasteiger partial charge is 0.433 e. The van der Waals surface area contributed by atoms with E-state index in [0.717, 1.165) is 6.07 Å². The smallest absolute Gasteiger partial charge is 0.395 e. The van der Waals surface area contributed by atoms with Crippen LogP contribution in [0.25, 0.3) is 0 Å². The van der Waals surface area contributed by atoms with Gasteiger partial charge < -0.3 is 25.3 Å². The number of aliphatic hydroxyl groups excluding tert-OH is 4. The summed E-state index contributed by atoms with van der Waals surface area (Å²) in [6, 6.07) is 3.12. The number of likely N-dealkylation sites (tertiary alicyclic amines) is 1. The second kappa shape index (κ2) is 7.88. The Morgan fingerprint density at radius 2 is 1.85 bits per heavy atom. The van der Waals surface area contributed by atoms with Crippen LogP contribution in [-0.4, -0.2) is 87.4 Å². The molecule has 0 spiro atoms. The molecule has 1 aromatic rings. The molecule has 10 heteroatoms. The lowest BCUT2D eigenvalue weighted by molar-refractivity contribution is -0.146. The summed E-state index contributed by atoms with van der Waals surface area (Å²) in [5.74, 6) is 0.338. The first-order valence-corrected chi connectivity index (χ1v) is 8.89. The van der Waals surface area contributed by atoms with Crippen LogP contribution in [-0.2, 0) is 6.18 Å². The van der Waals surface area contributed by atoms with Gasteiger partial charge in [-0.1, -0.05) is 6.07 Å². The number of hydrogen-bond acceptors (Lipinski definition) is 7. The number of hydrogen-bond donors (Lipinski definition) is 4. The van der Waals surface area contributed by atoms with E-state index in [4.69, 9.17) is 0 Å². The molecule has 0 saturated carbocycles. The highest BCUT2D eigenvalue weighted by Gasteiger charge is 2.42. The van der Waals surface area contributed by atoms with E-state index >= 15 is 0 Å². The van der Waals surface area contributed by atoms with E-state index in [0.29, 0.717) is 26.1 Å². The van der Waals surface area contributed by atoms with E-state index in [1.165, 1.54) is 6.07 Å². The highest BCUT2D eigenvalue weighted by atomic mass is 19.4. The van der Waals surface area contributed by atoms with E-state index in [1.54, 1.807) is 15.9 Å². The highest BCUT2D eigenvalue weighted by Crippen LogP contribution is 2.31. The van der Waals surface area contributed by atoms with Gasteiger partial charge in [0.05, 0.1) is 18.8 Å². The van der Waals surface area contributed by atoms with Crippen molar-refractivity contribution in [3.8, 4) is 0 Å². The molecule has 27 heavy (non-hydrogen) atoms. The number of aromatic nitrogens is 1. The fourth-order valence-corrected chi connectivity index (χ4v) is 3.87. The monoisotopic (exact) mass is 391 g/mol. The predicted octanol–water partition coefficient (Wildman–Crippen LogP) is -0.314. The Morgan fingerprint density at radius 1 is 1.11 bits per heavy atom. The zero-order chi connectivity index (χ0) is 19.8. The maximum absolute atomic E-state index is 12.8. The van der Waals surface area contributed by atoms with Crippen LogP contribution in [0.4, 0.5) is 19.0 Å². The summed E-state index contributed by atoms with van der Waals surface area (Å²) in [5, 5.41) is 39.2. The van der Waals surface area contributed by atoms with Gasteiger partial charge in [-0.25, -0.2) is 4.98 Å². The van der Waals surface area contributed by atoms with Crippen LogP contribution in [0.1, 0.15) is 12.1 Å². The topological polar surface area (TPSA) is 100 Å². The van der Waals surface area contributed by atoms with Gasteiger partial charge in [-0.05, 0) is 24.5 Å². The molecule has 3 heterocycles. The minimum absolute atomic E-state index is 0.0741. The molecule has 2 aliphatic heterocycles. The Hall–Kier alpha value is -1.46. The van der Waals surface area contributed by atoms with Gasteiger partial charge in [0.1, 0.15) is 23.7 Å². The van der Waals surface area contributed by atoms with E-state index in [1.807, 2.05) is 0 Å². The first kappa shape index (κ1) is 20.3. The number of anilines is 1. The number of alkyl halides is 3. The Balaban J connectivity index is 1.64. The van der Waals surface area contributed by atoms with E-state index in [2.05, 4.69) is 4.98 Å². The number of pyridine rings is 1. The van der Waals surface area contributed by atoms with E-state index in [-0.39, 0.29) is 24.9 Å². The standard InChI is InChI=1S/C17H24F3N3O4/c18-17(19,20)13-2-1-3-14(21-13)22-5-4-10(6-22)7-23-8-12(25)16(27)15(26)11(23)9-24/h1-3,10-12,15-16,24-27H,4-9H2/t10-,11+,12-,15+,16+/m0/s1. The summed E-state index contributed by atoms with van der Waals surface area (Å²) in [5.41, 5.74) is -0.931. The van der Waals surface area contributed by atoms with Crippen molar-refractivity contribution in [2.45, 2.75) is 37.0 Å². The number of rotatable bonds is 4. The molecular weight excluding hydrogens is 367 g/mol. The Labute approximate surface area is 154 Å². The maximum atomic E-state index is 12.8. The molecule has 152 valence electrons. The second-order valence-electron chi connectivity index (χ2n) is 7.23. The van der Waals surface area contributed by atoms with Gasteiger partial charge in [0, 0.05) is 26.2 Å². The molecule has 0 aromatic carbocycles. The van der Waals surface area contributed by atoms with Gasteiger partial charge in [0.15, 0.2) is 0 Å². The van der Waals surface area contributed by atoms with Crippen molar-refractivity contribution < 1.29 is 33.6 Å². The first-order valence-electron chi connectivity index (χ1n) is 8.89. The van der Waals surface area contributed by atoms with Gasteiger partial charge in [0.25, 0.3) is 0 Å². The molecule has 4 N–H and O–H groups in total. The van der Waals surface area contributed by atoms with Crippen molar-refractivity contribution >= 4 is 5.82 Å². The van der Waals surface area contributed by atoms with Crippen molar-refractivity contribution in [3.63, 3.8) is 0 Å². The molecule has 7 nitrogen and oxygen atoms in total. The van der Waals surface area contributed by atoms with Gasteiger partial charge >= 0.3 is 6.18 Å². The number of halogens is 3. The average Bonchev–Trinajstić information content (AvgIpc) is 3.08. The number of piperidine rings is 1. The summed E-state index contributed by atoms with van der Waals surface area (Å²) in [7, 11) is 0. The molecule has 0 radical (unpaired) electrons. The molecular formula is C17H24F3N3O4. The Kier molecular flexibility index (Phi) is 5.92. The number of nitrogens with zero attached hydrogens (tertiary/aromatic N) is 3. The van der Waals surface area contributed by atoms with Gasteiger partial charge in [-0.2, -0.15) is 13.2 Å². The predicted molar refractivity (Wildman–Crippen MR) is 90.0 cm³/mol. The highest BCUT2D eigenvalue weighted by molar-refractivity contribution is 5.41. The van der Waals surface area contributed by atoms with E-state index in [9.17, 15) is 33.6 Å². The van der Waals surface area contributed by atoms with E-state index < -0.39 is 36.2 Å². The van der Waals surface area contributed by atoms with Gasteiger partial charge in [-0.3, -0.25) is 4.90 Å². The van der Waals surface area contributed by atoms with Crippen LogP contribution < -0.4 is 4.90 Å². The lowest BCUT2D eigenvalue weighted by Gasteiger charge is -2.44. The van der Waals surface area contributed by atoms with Crippen molar-refractivity contribution in [3.05, 3.63) is 23.9 Å². The quantitative estimate of drug-likeness (QED) is 0.559. The van der Waals surface area contributed by atoms with Crippen molar-refractivity contribution in [2.24, 2.45) is 5.92 Å². The second-order valence-corrected chi connectivity index (χ2v) is 7.23. The minimum Gasteiger partial charge on any atom is -0.395 e. The summed E-state index contributed by atoms with van der Waals surface area (Å²) >= 11 is 0. The normalized spacial score (nSPS) is 32.9. The summed E-state index contributed by atoms with van der Waals surface area (Å²) < 4.78 is 38.5. The first-order chi connectivity index (χ1) is 12.7. The molecule has 3 rings (SSSR count). The molecule has 0 aliphatic carbocycles. The Morgan fingerprint density at radius 3 is 2.52 bits per heavy atom.